The van der Waals surface area contributed by atoms with Crippen molar-refractivity contribution in [3.05, 3.63) is 77.0 Å². The number of amides is 1. The summed E-state index contributed by atoms with van der Waals surface area (Å²) in [6, 6.07) is 17.5. The summed E-state index contributed by atoms with van der Waals surface area (Å²) in [6.07, 6.45) is 2.88. The van der Waals surface area contributed by atoms with Crippen LogP contribution in [0.2, 0.25) is 0 Å². The van der Waals surface area contributed by atoms with E-state index in [1.54, 1.807) is 25.1 Å². The molecule has 0 aliphatic rings. The predicted octanol–water partition coefficient (Wildman–Crippen LogP) is 2.87. The number of aryl methyl sites for hydroxylation is 2. The quantitative estimate of drug-likeness (QED) is 0.528. The Kier molecular flexibility index (Phi) is 4.93. The first-order valence-corrected chi connectivity index (χ1v) is 9.40. The zero-order valence-electron chi connectivity index (χ0n) is 15.8. The highest BCUT2D eigenvalue weighted by atomic mass is 16.2. The van der Waals surface area contributed by atoms with Crippen LogP contribution in [0.5, 0.6) is 0 Å². The summed E-state index contributed by atoms with van der Waals surface area (Å²) in [5.41, 5.74) is 1.66. The van der Waals surface area contributed by atoms with Gasteiger partial charge in [0.25, 0.3) is 5.56 Å². The minimum Gasteiger partial charge on any atom is -0.354 e. The van der Waals surface area contributed by atoms with Gasteiger partial charge in [-0.25, -0.2) is 4.98 Å². The Morgan fingerprint density at radius 2 is 1.86 bits per heavy atom. The zero-order valence-corrected chi connectivity index (χ0v) is 15.8. The SMILES string of the molecule is Cc1nc2ccccc2c(=O)n1CC(=O)NCCCn1ccc2ccccc21. The average molecular weight is 374 g/mol. The summed E-state index contributed by atoms with van der Waals surface area (Å²) in [4.78, 5) is 29.4. The molecule has 1 N–H and O–H groups in total. The first-order valence-electron chi connectivity index (χ1n) is 9.40. The lowest BCUT2D eigenvalue weighted by Crippen LogP contribution is -2.34. The molecule has 0 aliphatic carbocycles. The van der Waals surface area contributed by atoms with Gasteiger partial charge in [0.1, 0.15) is 12.4 Å². The van der Waals surface area contributed by atoms with Crippen LogP contribution in [0, 0.1) is 6.92 Å². The molecule has 0 radical (unpaired) electrons. The van der Waals surface area contributed by atoms with E-state index in [4.69, 9.17) is 0 Å². The van der Waals surface area contributed by atoms with Crippen molar-refractivity contribution < 1.29 is 4.79 Å². The van der Waals surface area contributed by atoms with Gasteiger partial charge < -0.3 is 9.88 Å². The lowest BCUT2D eigenvalue weighted by molar-refractivity contribution is -0.121. The summed E-state index contributed by atoms with van der Waals surface area (Å²) in [5, 5.41) is 4.65. The summed E-state index contributed by atoms with van der Waals surface area (Å²) < 4.78 is 3.61. The van der Waals surface area contributed by atoms with E-state index >= 15 is 0 Å². The van der Waals surface area contributed by atoms with Crippen molar-refractivity contribution in [2.24, 2.45) is 0 Å². The van der Waals surface area contributed by atoms with Crippen molar-refractivity contribution in [3.8, 4) is 0 Å². The van der Waals surface area contributed by atoms with Gasteiger partial charge in [-0.2, -0.15) is 0 Å². The molecule has 6 nitrogen and oxygen atoms in total. The maximum atomic E-state index is 12.6. The molecule has 142 valence electrons. The van der Waals surface area contributed by atoms with Crippen LogP contribution in [0.25, 0.3) is 21.8 Å². The Bertz CT molecular complexity index is 1210. The number of nitrogens with zero attached hydrogens (tertiary/aromatic N) is 3. The van der Waals surface area contributed by atoms with Gasteiger partial charge in [-0.1, -0.05) is 30.3 Å². The molecule has 28 heavy (non-hydrogen) atoms. The Balaban J connectivity index is 1.36. The number of nitrogens with one attached hydrogen (secondary N) is 1. The molecule has 0 fully saturated rings. The van der Waals surface area contributed by atoms with E-state index in [-0.39, 0.29) is 18.0 Å². The van der Waals surface area contributed by atoms with E-state index in [1.165, 1.54) is 15.5 Å². The molecule has 4 aromatic rings. The molecule has 1 amide bonds. The first kappa shape index (κ1) is 18.0. The highest BCUT2D eigenvalue weighted by Gasteiger charge is 2.11. The van der Waals surface area contributed by atoms with Crippen LogP contribution in [0.1, 0.15) is 12.2 Å². The van der Waals surface area contributed by atoms with Crippen molar-refractivity contribution >= 4 is 27.7 Å². The van der Waals surface area contributed by atoms with Crippen LogP contribution in [0.15, 0.2) is 65.6 Å². The highest BCUT2D eigenvalue weighted by Crippen LogP contribution is 2.15. The fourth-order valence-corrected chi connectivity index (χ4v) is 3.48. The first-order chi connectivity index (χ1) is 13.6. The molecule has 6 heteroatoms. The van der Waals surface area contributed by atoms with Crippen LogP contribution >= 0.6 is 0 Å². The summed E-state index contributed by atoms with van der Waals surface area (Å²) in [5.74, 6) is 0.359. The van der Waals surface area contributed by atoms with Crippen LogP contribution in [-0.2, 0) is 17.9 Å². The minimum atomic E-state index is -0.183. The monoisotopic (exact) mass is 374 g/mol. The second-order valence-corrected chi connectivity index (χ2v) is 6.84. The van der Waals surface area contributed by atoms with E-state index < -0.39 is 0 Å². The van der Waals surface area contributed by atoms with Crippen LogP contribution in [0.3, 0.4) is 0 Å². The number of carbonyl (C=O) groups is 1. The molecule has 2 aromatic carbocycles. The number of para-hydroxylation sites is 2. The Labute approximate surface area is 162 Å². The van der Waals surface area contributed by atoms with Crippen molar-refractivity contribution in [2.45, 2.75) is 26.4 Å². The van der Waals surface area contributed by atoms with Crippen LogP contribution < -0.4 is 10.9 Å². The van der Waals surface area contributed by atoms with Gasteiger partial charge in [0.15, 0.2) is 0 Å². The van der Waals surface area contributed by atoms with Crippen molar-refractivity contribution in [2.75, 3.05) is 6.54 Å². The average Bonchev–Trinajstić information content (AvgIpc) is 3.12. The van der Waals surface area contributed by atoms with E-state index in [0.29, 0.717) is 23.3 Å². The highest BCUT2D eigenvalue weighted by molar-refractivity contribution is 5.80. The molecule has 0 spiro atoms. The number of aromatic nitrogens is 3. The van der Waals surface area contributed by atoms with E-state index in [0.717, 1.165) is 13.0 Å². The summed E-state index contributed by atoms with van der Waals surface area (Å²) >= 11 is 0. The topological polar surface area (TPSA) is 68.9 Å². The fourth-order valence-electron chi connectivity index (χ4n) is 3.48. The van der Waals surface area contributed by atoms with Gasteiger partial charge in [0.05, 0.1) is 10.9 Å². The Hall–Kier alpha value is -3.41. The zero-order chi connectivity index (χ0) is 19.5. The fraction of sp³-hybridized carbons (Fsp3) is 0.227. The maximum Gasteiger partial charge on any atom is 0.261 e. The summed E-state index contributed by atoms with van der Waals surface area (Å²) in [7, 11) is 0. The third-order valence-corrected chi connectivity index (χ3v) is 4.93. The Morgan fingerprint density at radius 1 is 1.07 bits per heavy atom. The van der Waals surface area contributed by atoms with Gasteiger partial charge in [-0.15, -0.1) is 0 Å². The maximum absolute atomic E-state index is 12.6. The molecular formula is C22H22N4O2. The number of benzene rings is 2. The number of rotatable bonds is 6. The third kappa shape index (κ3) is 3.53. The molecule has 0 aliphatic heterocycles. The van der Waals surface area contributed by atoms with E-state index in [2.05, 4.69) is 39.3 Å². The van der Waals surface area contributed by atoms with Gasteiger partial charge in [-0.3, -0.25) is 14.2 Å². The van der Waals surface area contributed by atoms with E-state index in [9.17, 15) is 9.59 Å². The van der Waals surface area contributed by atoms with Gasteiger partial charge in [0, 0.05) is 24.8 Å². The van der Waals surface area contributed by atoms with Crippen molar-refractivity contribution in [3.63, 3.8) is 0 Å². The second-order valence-electron chi connectivity index (χ2n) is 6.84. The van der Waals surface area contributed by atoms with Gasteiger partial charge in [0.2, 0.25) is 5.91 Å². The molecule has 2 heterocycles. The molecule has 0 bridgehead atoms. The number of fused-ring (bicyclic) bond motifs is 2. The molecule has 0 saturated carbocycles. The van der Waals surface area contributed by atoms with Gasteiger partial charge >= 0.3 is 0 Å². The molecule has 2 aromatic heterocycles. The number of hydrogen-bond donors (Lipinski definition) is 1. The Morgan fingerprint density at radius 3 is 2.75 bits per heavy atom. The summed E-state index contributed by atoms with van der Waals surface area (Å²) in [6.45, 7) is 3.11. The normalized spacial score (nSPS) is 11.2. The third-order valence-electron chi connectivity index (χ3n) is 4.93. The standard InChI is InChI=1S/C22H22N4O2/c1-16-24-19-9-4-3-8-18(19)22(28)26(16)15-21(27)23-12-6-13-25-14-11-17-7-2-5-10-20(17)25/h2-5,7-11,14H,6,12-13,15H2,1H3,(H,23,27). The smallest absolute Gasteiger partial charge is 0.261 e. The predicted molar refractivity (Wildman–Crippen MR) is 110 cm³/mol. The lowest BCUT2D eigenvalue weighted by Gasteiger charge is -2.11. The number of hydrogen-bond acceptors (Lipinski definition) is 3. The molecule has 0 unspecified atom stereocenters. The van der Waals surface area contributed by atoms with Crippen LogP contribution in [0.4, 0.5) is 0 Å². The van der Waals surface area contributed by atoms with E-state index in [1.807, 2.05) is 18.2 Å². The second kappa shape index (κ2) is 7.68. The largest absolute Gasteiger partial charge is 0.354 e. The molecule has 4 rings (SSSR count). The number of carbonyl (C=O) groups excluding carboxylic acids is 1. The van der Waals surface area contributed by atoms with Gasteiger partial charge in [-0.05, 0) is 43.0 Å². The lowest BCUT2D eigenvalue weighted by atomic mass is 10.2. The molecule has 0 atom stereocenters. The molecular weight excluding hydrogens is 352 g/mol. The minimum absolute atomic E-state index is 0.0189. The molecule has 0 saturated heterocycles. The van der Waals surface area contributed by atoms with Crippen LogP contribution in [-0.4, -0.2) is 26.6 Å². The van der Waals surface area contributed by atoms with Crippen molar-refractivity contribution in [1.82, 2.24) is 19.4 Å². The van der Waals surface area contributed by atoms with Crippen molar-refractivity contribution in [1.29, 1.82) is 0 Å².